The van der Waals surface area contributed by atoms with E-state index in [1.54, 1.807) is 0 Å². The molecule has 0 spiro atoms. The van der Waals surface area contributed by atoms with Crippen LogP contribution in [0.4, 0.5) is 0 Å². The summed E-state index contributed by atoms with van der Waals surface area (Å²) in [5.74, 6) is 0.727. The average molecular weight is 461 g/mol. The number of nitrogens with zero attached hydrogens (tertiary/aromatic N) is 1. The maximum Gasteiger partial charge on any atom is 0.305 e. The first-order chi connectivity index (χ1) is 11.7. The molecule has 0 heterocycles. The molecule has 5 nitrogen and oxygen atoms in total. The van der Waals surface area contributed by atoms with Crippen LogP contribution in [0.3, 0.4) is 0 Å². The normalized spacial score (nSPS) is 12.0. The highest BCUT2D eigenvalue weighted by atomic mass is 127. The minimum atomic E-state index is -0.124. The molecule has 1 aromatic carbocycles. The number of guanidine groups is 1. The summed E-state index contributed by atoms with van der Waals surface area (Å²) in [5, 5.41) is 6.72. The molecule has 0 bridgehead atoms. The maximum atomic E-state index is 11.0. The molecule has 0 amide bonds. The van der Waals surface area contributed by atoms with Gasteiger partial charge in [-0.15, -0.1) is 24.0 Å². The smallest absolute Gasteiger partial charge is 0.305 e. The Labute approximate surface area is 169 Å². The third kappa shape index (κ3) is 11.0. The Balaban J connectivity index is 0.00000576. The first-order valence-corrected chi connectivity index (χ1v) is 8.84. The Kier molecular flexibility index (Phi) is 14.2. The van der Waals surface area contributed by atoms with Crippen molar-refractivity contribution in [2.24, 2.45) is 4.99 Å². The number of unbranched alkanes of at least 4 members (excludes halogenated alkanes) is 3. The quantitative estimate of drug-likeness (QED) is 0.182. The molecule has 2 N–H and O–H groups in total. The minimum absolute atomic E-state index is 0. The zero-order valence-electron chi connectivity index (χ0n) is 15.6. The van der Waals surface area contributed by atoms with E-state index in [2.05, 4.69) is 46.3 Å². The molecule has 1 aromatic rings. The van der Waals surface area contributed by atoms with Crippen molar-refractivity contribution >= 4 is 35.9 Å². The molecule has 6 heteroatoms. The Hall–Kier alpha value is -1.31. The lowest BCUT2D eigenvalue weighted by molar-refractivity contribution is -0.140. The zero-order valence-corrected chi connectivity index (χ0v) is 17.9. The van der Waals surface area contributed by atoms with Crippen LogP contribution in [-0.4, -0.2) is 32.1 Å². The number of ether oxygens (including phenoxy) is 1. The number of methoxy groups -OCH3 is 1. The van der Waals surface area contributed by atoms with Gasteiger partial charge in [0.25, 0.3) is 0 Å². The van der Waals surface area contributed by atoms with Crippen molar-refractivity contribution < 1.29 is 9.53 Å². The number of hydrogen-bond acceptors (Lipinski definition) is 3. The number of benzene rings is 1. The van der Waals surface area contributed by atoms with E-state index in [1.165, 1.54) is 12.7 Å². The average Bonchev–Trinajstić information content (AvgIpc) is 2.61. The molecule has 1 atom stereocenters. The van der Waals surface area contributed by atoms with Gasteiger partial charge in [0.1, 0.15) is 0 Å². The van der Waals surface area contributed by atoms with E-state index >= 15 is 0 Å². The predicted octanol–water partition coefficient (Wildman–Crippen LogP) is 4.04. The number of carbonyl (C=O) groups is 1. The molecule has 25 heavy (non-hydrogen) atoms. The van der Waals surface area contributed by atoms with E-state index < -0.39 is 0 Å². The Morgan fingerprint density at radius 1 is 1.16 bits per heavy atom. The molecular formula is C19H32IN3O2. The summed E-state index contributed by atoms with van der Waals surface area (Å²) in [4.78, 5) is 15.7. The van der Waals surface area contributed by atoms with Crippen molar-refractivity contribution in [3.63, 3.8) is 0 Å². The molecule has 0 aromatic heterocycles. The number of nitrogens with one attached hydrogen (secondary N) is 2. The molecule has 0 aliphatic rings. The highest BCUT2D eigenvalue weighted by Crippen LogP contribution is 2.10. The van der Waals surface area contributed by atoms with Crippen LogP contribution in [0, 0.1) is 0 Å². The van der Waals surface area contributed by atoms with Crippen molar-refractivity contribution in [3.8, 4) is 0 Å². The van der Waals surface area contributed by atoms with E-state index in [-0.39, 0.29) is 36.0 Å². The van der Waals surface area contributed by atoms with Gasteiger partial charge in [-0.3, -0.25) is 9.79 Å². The summed E-state index contributed by atoms with van der Waals surface area (Å²) in [5.41, 5.74) is 1.24. The molecule has 1 unspecified atom stereocenters. The first kappa shape index (κ1) is 23.7. The maximum absolute atomic E-state index is 11.0. The van der Waals surface area contributed by atoms with Gasteiger partial charge in [0, 0.05) is 19.5 Å². The van der Waals surface area contributed by atoms with Crippen molar-refractivity contribution in [2.45, 2.75) is 52.0 Å². The summed E-state index contributed by atoms with van der Waals surface area (Å²) >= 11 is 0. The third-order valence-corrected chi connectivity index (χ3v) is 3.78. The lowest BCUT2D eigenvalue weighted by Gasteiger charge is -2.18. The number of esters is 1. The SMILES string of the molecule is CCNC(=NCCCCCCC(=O)OC)NC(C)c1ccccc1.I. The molecule has 0 saturated carbocycles. The van der Waals surface area contributed by atoms with Crippen LogP contribution in [0.25, 0.3) is 0 Å². The molecule has 0 aliphatic heterocycles. The molecular weight excluding hydrogens is 429 g/mol. The van der Waals surface area contributed by atoms with E-state index in [0.717, 1.165) is 44.7 Å². The van der Waals surface area contributed by atoms with E-state index in [0.29, 0.717) is 6.42 Å². The van der Waals surface area contributed by atoms with Crippen LogP contribution >= 0.6 is 24.0 Å². The fraction of sp³-hybridized carbons (Fsp3) is 0.579. The van der Waals surface area contributed by atoms with Crippen LogP contribution in [0.2, 0.25) is 0 Å². The molecule has 0 saturated heterocycles. The standard InChI is InChI=1S/C19H31N3O2.HI/c1-4-20-19(22-16(2)17-12-8-7-9-13-17)21-15-11-6-5-10-14-18(23)24-3;/h7-9,12-13,16H,4-6,10-11,14-15H2,1-3H3,(H2,20,21,22);1H. The van der Waals surface area contributed by atoms with Crippen LogP contribution in [0.5, 0.6) is 0 Å². The number of halogens is 1. The van der Waals surface area contributed by atoms with Crippen LogP contribution in [0.15, 0.2) is 35.3 Å². The Morgan fingerprint density at radius 2 is 1.84 bits per heavy atom. The van der Waals surface area contributed by atoms with Gasteiger partial charge in [0.15, 0.2) is 5.96 Å². The molecule has 0 fully saturated rings. The second-order valence-electron chi connectivity index (χ2n) is 5.78. The number of hydrogen-bond donors (Lipinski definition) is 2. The summed E-state index contributed by atoms with van der Waals surface area (Å²) in [6.07, 6.45) is 4.54. The number of aliphatic imine (C=N–C) groups is 1. The molecule has 0 radical (unpaired) electrons. The van der Waals surface area contributed by atoms with Gasteiger partial charge in [-0.2, -0.15) is 0 Å². The first-order valence-electron chi connectivity index (χ1n) is 8.84. The van der Waals surface area contributed by atoms with Gasteiger partial charge in [-0.1, -0.05) is 43.2 Å². The number of carbonyl (C=O) groups excluding carboxylic acids is 1. The van der Waals surface area contributed by atoms with Gasteiger partial charge in [0.05, 0.1) is 13.2 Å². The van der Waals surface area contributed by atoms with E-state index in [4.69, 9.17) is 0 Å². The molecule has 1 rings (SSSR count). The van der Waals surface area contributed by atoms with E-state index in [1.807, 2.05) is 18.2 Å². The van der Waals surface area contributed by atoms with Gasteiger partial charge in [-0.25, -0.2) is 0 Å². The van der Waals surface area contributed by atoms with Crippen LogP contribution < -0.4 is 10.6 Å². The van der Waals surface area contributed by atoms with Crippen molar-refractivity contribution in [1.29, 1.82) is 0 Å². The van der Waals surface area contributed by atoms with Gasteiger partial charge < -0.3 is 15.4 Å². The lowest BCUT2D eigenvalue weighted by Crippen LogP contribution is -2.38. The van der Waals surface area contributed by atoms with Crippen molar-refractivity contribution in [3.05, 3.63) is 35.9 Å². The molecule has 142 valence electrons. The zero-order chi connectivity index (χ0) is 17.6. The fourth-order valence-electron chi connectivity index (χ4n) is 2.38. The number of rotatable bonds is 10. The molecule has 0 aliphatic carbocycles. The van der Waals surface area contributed by atoms with E-state index in [9.17, 15) is 4.79 Å². The predicted molar refractivity (Wildman–Crippen MR) is 114 cm³/mol. The summed E-state index contributed by atoms with van der Waals surface area (Å²) < 4.78 is 4.63. The van der Waals surface area contributed by atoms with Gasteiger partial charge in [0.2, 0.25) is 0 Å². The van der Waals surface area contributed by atoms with Crippen LogP contribution in [0.1, 0.15) is 57.6 Å². The summed E-state index contributed by atoms with van der Waals surface area (Å²) in [6.45, 7) is 5.83. The Bertz CT molecular complexity index is 495. The largest absolute Gasteiger partial charge is 0.469 e. The van der Waals surface area contributed by atoms with Crippen molar-refractivity contribution in [1.82, 2.24) is 10.6 Å². The highest BCUT2D eigenvalue weighted by molar-refractivity contribution is 14.0. The topological polar surface area (TPSA) is 62.7 Å². The van der Waals surface area contributed by atoms with Crippen LogP contribution in [-0.2, 0) is 9.53 Å². The lowest BCUT2D eigenvalue weighted by atomic mass is 10.1. The monoisotopic (exact) mass is 461 g/mol. The second-order valence-corrected chi connectivity index (χ2v) is 5.78. The third-order valence-electron chi connectivity index (χ3n) is 3.78. The fourth-order valence-corrected chi connectivity index (χ4v) is 2.38. The Morgan fingerprint density at radius 3 is 2.48 bits per heavy atom. The van der Waals surface area contributed by atoms with Gasteiger partial charge >= 0.3 is 5.97 Å². The van der Waals surface area contributed by atoms with Crippen molar-refractivity contribution in [2.75, 3.05) is 20.2 Å². The minimum Gasteiger partial charge on any atom is -0.469 e. The van der Waals surface area contributed by atoms with Gasteiger partial charge in [-0.05, 0) is 32.3 Å². The summed E-state index contributed by atoms with van der Waals surface area (Å²) in [7, 11) is 1.43. The summed E-state index contributed by atoms with van der Waals surface area (Å²) in [6, 6.07) is 10.6. The second kappa shape index (κ2) is 15.0. The highest BCUT2D eigenvalue weighted by Gasteiger charge is 2.06.